The summed E-state index contributed by atoms with van der Waals surface area (Å²) in [6.45, 7) is 2.33. The number of carbonyl (C=O) groups excluding carboxylic acids is 1. The number of anilines is 1. The molecule has 0 atom stereocenters. The van der Waals surface area contributed by atoms with E-state index in [9.17, 15) is 4.79 Å². The Labute approximate surface area is 154 Å². The number of nitrogens with zero attached hydrogens (tertiary/aromatic N) is 4. The van der Waals surface area contributed by atoms with Crippen molar-refractivity contribution in [1.82, 2.24) is 15.0 Å². The summed E-state index contributed by atoms with van der Waals surface area (Å²) in [5.41, 5.74) is 3.81. The molecule has 26 heavy (non-hydrogen) atoms. The van der Waals surface area contributed by atoms with Gasteiger partial charge in [0.15, 0.2) is 10.9 Å². The van der Waals surface area contributed by atoms with E-state index in [2.05, 4.69) is 9.97 Å². The lowest BCUT2D eigenvalue weighted by Crippen LogP contribution is -2.23. The van der Waals surface area contributed by atoms with Gasteiger partial charge >= 0.3 is 0 Å². The number of hydrogen-bond acceptors (Lipinski definition) is 7. The number of amides is 1. The van der Waals surface area contributed by atoms with Crippen molar-refractivity contribution in [2.24, 2.45) is 0 Å². The summed E-state index contributed by atoms with van der Waals surface area (Å²) in [5.74, 6) is 0.890. The van der Waals surface area contributed by atoms with Gasteiger partial charge in [0.1, 0.15) is 0 Å². The molecule has 7 nitrogen and oxygen atoms in total. The molecule has 1 aliphatic heterocycles. The van der Waals surface area contributed by atoms with E-state index in [1.54, 1.807) is 31.5 Å². The van der Waals surface area contributed by atoms with Crippen LogP contribution in [-0.4, -0.2) is 35.1 Å². The molecule has 132 valence electrons. The first-order chi connectivity index (χ1) is 12.6. The third-order valence-corrected chi connectivity index (χ3v) is 5.03. The molecule has 8 heteroatoms. The van der Waals surface area contributed by atoms with Crippen molar-refractivity contribution in [1.29, 1.82) is 0 Å². The van der Waals surface area contributed by atoms with Crippen LogP contribution in [0.2, 0.25) is 0 Å². The fourth-order valence-electron chi connectivity index (χ4n) is 3.02. The monoisotopic (exact) mass is 368 g/mol. The first-order valence-electron chi connectivity index (χ1n) is 7.92. The Bertz CT molecular complexity index is 988. The standard InChI is InChI=1S/C18H16N4O3S/c1-10-6-12(11-7-14(24-2)16(25-3)20-8-11)21-13-9-22(17(23)15(10)13)18-19-4-5-26-18/h4-8H,9H2,1-3H3. The third-order valence-electron chi connectivity index (χ3n) is 4.24. The maximum absolute atomic E-state index is 12.8. The lowest BCUT2D eigenvalue weighted by atomic mass is 10.1. The summed E-state index contributed by atoms with van der Waals surface area (Å²) < 4.78 is 10.5. The van der Waals surface area contributed by atoms with Crippen molar-refractivity contribution in [2.45, 2.75) is 13.5 Å². The van der Waals surface area contributed by atoms with Crippen LogP contribution in [-0.2, 0) is 6.54 Å². The summed E-state index contributed by atoms with van der Waals surface area (Å²) in [5, 5.41) is 2.54. The number of aryl methyl sites for hydroxylation is 1. The van der Waals surface area contributed by atoms with Crippen molar-refractivity contribution < 1.29 is 14.3 Å². The zero-order chi connectivity index (χ0) is 18.3. The highest BCUT2D eigenvalue weighted by atomic mass is 32.1. The minimum Gasteiger partial charge on any atom is -0.491 e. The van der Waals surface area contributed by atoms with Crippen molar-refractivity contribution in [2.75, 3.05) is 19.1 Å². The number of carbonyl (C=O) groups is 1. The molecule has 0 saturated carbocycles. The number of rotatable bonds is 4. The Morgan fingerprint density at radius 2 is 2.04 bits per heavy atom. The average Bonchev–Trinajstić information content (AvgIpc) is 3.29. The van der Waals surface area contributed by atoms with Gasteiger partial charge in [0.25, 0.3) is 11.8 Å². The number of fused-ring (bicyclic) bond motifs is 1. The molecule has 0 spiro atoms. The fraction of sp³-hybridized carbons (Fsp3) is 0.222. The number of pyridine rings is 2. The smallest absolute Gasteiger partial charge is 0.262 e. The first-order valence-corrected chi connectivity index (χ1v) is 8.80. The number of methoxy groups -OCH3 is 2. The molecule has 0 saturated heterocycles. The SMILES string of the molecule is COc1cc(-c2cc(C)c3c(n2)CN(c2nccs2)C3=O)cnc1OC. The summed E-state index contributed by atoms with van der Waals surface area (Å²) in [6.07, 6.45) is 3.38. The number of ether oxygens (including phenoxy) is 2. The van der Waals surface area contributed by atoms with Gasteiger partial charge in [0, 0.05) is 23.3 Å². The first kappa shape index (κ1) is 16.5. The molecule has 1 amide bonds. The molecule has 0 aliphatic carbocycles. The van der Waals surface area contributed by atoms with Crippen LogP contribution in [0.1, 0.15) is 21.6 Å². The number of thiazole rings is 1. The van der Waals surface area contributed by atoms with Crippen molar-refractivity contribution >= 4 is 22.4 Å². The van der Waals surface area contributed by atoms with Crippen LogP contribution in [0.25, 0.3) is 11.3 Å². The summed E-state index contributed by atoms with van der Waals surface area (Å²) >= 11 is 1.44. The molecular weight excluding hydrogens is 352 g/mol. The quantitative estimate of drug-likeness (QED) is 0.704. The van der Waals surface area contributed by atoms with Gasteiger partial charge in [-0.05, 0) is 24.6 Å². The Morgan fingerprint density at radius 1 is 1.19 bits per heavy atom. The zero-order valence-electron chi connectivity index (χ0n) is 14.5. The molecule has 4 rings (SSSR count). The van der Waals surface area contributed by atoms with Crippen LogP contribution < -0.4 is 14.4 Å². The number of hydrogen-bond donors (Lipinski definition) is 0. The van der Waals surface area contributed by atoms with Crippen molar-refractivity contribution in [3.63, 3.8) is 0 Å². The van der Waals surface area contributed by atoms with Gasteiger partial charge in [-0.25, -0.2) is 9.97 Å². The van der Waals surface area contributed by atoms with Crippen LogP contribution in [0.3, 0.4) is 0 Å². The van der Waals surface area contributed by atoms with E-state index in [0.717, 1.165) is 22.5 Å². The molecule has 0 aromatic carbocycles. The Hall–Kier alpha value is -3.00. The van der Waals surface area contributed by atoms with Crippen LogP contribution in [0.5, 0.6) is 11.6 Å². The topological polar surface area (TPSA) is 77.4 Å². The molecule has 0 unspecified atom stereocenters. The van der Waals surface area contributed by atoms with Crippen molar-refractivity contribution in [3.05, 3.63) is 46.7 Å². The minimum absolute atomic E-state index is 0.0584. The van der Waals surface area contributed by atoms with Crippen LogP contribution in [0.15, 0.2) is 29.9 Å². The average molecular weight is 368 g/mol. The molecule has 1 aliphatic rings. The largest absolute Gasteiger partial charge is 0.491 e. The molecule has 0 bridgehead atoms. The van der Waals surface area contributed by atoms with Crippen molar-refractivity contribution in [3.8, 4) is 22.9 Å². The van der Waals surface area contributed by atoms with Crippen LogP contribution in [0, 0.1) is 6.92 Å². The zero-order valence-corrected chi connectivity index (χ0v) is 15.3. The van der Waals surface area contributed by atoms with E-state index in [4.69, 9.17) is 14.5 Å². The van der Waals surface area contributed by atoms with Gasteiger partial charge in [-0.15, -0.1) is 11.3 Å². The van der Waals surface area contributed by atoms with Gasteiger partial charge < -0.3 is 9.47 Å². The van der Waals surface area contributed by atoms with Gasteiger partial charge in [0.05, 0.1) is 37.7 Å². The third kappa shape index (κ3) is 2.59. The molecular formula is C18H16N4O3S. The number of aromatic nitrogens is 3. The van der Waals surface area contributed by atoms with E-state index in [1.807, 2.05) is 24.4 Å². The van der Waals surface area contributed by atoms with E-state index >= 15 is 0 Å². The summed E-state index contributed by atoms with van der Waals surface area (Å²) in [6, 6.07) is 3.72. The fourth-order valence-corrected chi connectivity index (χ4v) is 3.66. The van der Waals surface area contributed by atoms with Gasteiger partial charge in [-0.2, -0.15) is 0 Å². The Balaban J connectivity index is 1.76. The summed E-state index contributed by atoms with van der Waals surface area (Å²) in [4.78, 5) is 27.6. The highest BCUT2D eigenvalue weighted by Crippen LogP contribution is 2.34. The van der Waals surface area contributed by atoms with E-state index in [0.29, 0.717) is 28.9 Å². The highest BCUT2D eigenvalue weighted by Gasteiger charge is 2.33. The lowest BCUT2D eigenvalue weighted by molar-refractivity contribution is 0.0996. The second kappa shape index (κ2) is 6.38. The predicted octanol–water partition coefficient (Wildman–Crippen LogP) is 3.09. The molecule has 3 aromatic heterocycles. The normalized spacial score (nSPS) is 13.0. The maximum atomic E-state index is 12.8. The molecule has 0 radical (unpaired) electrons. The second-order valence-corrected chi connectivity index (χ2v) is 6.66. The maximum Gasteiger partial charge on any atom is 0.262 e. The molecule has 0 fully saturated rings. The van der Waals surface area contributed by atoms with Gasteiger partial charge in [0.2, 0.25) is 0 Å². The minimum atomic E-state index is -0.0584. The second-order valence-electron chi connectivity index (χ2n) is 5.79. The lowest BCUT2D eigenvalue weighted by Gasteiger charge is -2.10. The Morgan fingerprint density at radius 3 is 2.73 bits per heavy atom. The Kier molecular flexibility index (Phi) is 4.04. The highest BCUT2D eigenvalue weighted by molar-refractivity contribution is 7.13. The van der Waals surface area contributed by atoms with Crippen LogP contribution >= 0.6 is 11.3 Å². The molecule has 0 N–H and O–H groups in total. The molecule has 4 heterocycles. The van der Waals surface area contributed by atoms with Gasteiger partial charge in [-0.3, -0.25) is 14.7 Å². The van der Waals surface area contributed by atoms with Gasteiger partial charge in [-0.1, -0.05) is 0 Å². The predicted molar refractivity (Wildman–Crippen MR) is 97.9 cm³/mol. The molecule has 3 aromatic rings. The van der Waals surface area contributed by atoms with E-state index in [1.165, 1.54) is 11.3 Å². The van der Waals surface area contributed by atoms with E-state index < -0.39 is 0 Å². The van der Waals surface area contributed by atoms with Crippen LogP contribution in [0.4, 0.5) is 5.13 Å². The van der Waals surface area contributed by atoms with E-state index in [-0.39, 0.29) is 5.91 Å². The summed E-state index contributed by atoms with van der Waals surface area (Å²) in [7, 11) is 3.11.